The van der Waals surface area contributed by atoms with E-state index in [1.54, 1.807) is 0 Å². The number of rotatable bonds is 3. The number of hydrogen-bond acceptors (Lipinski definition) is 0. The van der Waals surface area contributed by atoms with Crippen LogP contribution >= 0.6 is 0 Å². The zero-order chi connectivity index (χ0) is 33.5. The minimum Gasteiger partial charge on any atom is -0.309 e. The van der Waals surface area contributed by atoms with Gasteiger partial charge in [0, 0.05) is 27.9 Å². The molecule has 2 aromatic heterocycles. The molecule has 2 nitrogen and oxygen atoms in total. The van der Waals surface area contributed by atoms with Crippen molar-refractivity contribution in [2.75, 3.05) is 0 Å². The largest absolute Gasteiger partial charge is 0.309 e. The van der Waals surface area contributed by atoms with E-state index < -0.39 is 0 Å². The summed E-state index contributed by atoms with van der Waals surface area (Å²) >= 11 is 0. The number of pyridine rings is 1. The lowest BCUT2D eigenvalue weighted by Gasteiger charge is -2.24. The average molecular weight is 626 g/mol. The third-order valence-corrected chi connectivity index (χ3v) is 10.3. The zero-order valence-electron chi connectivity index (χ0n) is 29.6. The molecule has 0 fully saturated rings. The maximum absolute atomic E-state index is 2.50. The van der Waals surface area contributed by atoms with Crippen molar-refractivity contribution >= 4 is 54.1 Å². The summed E-state index contributed by atoms with van der Waals surface area (Å²) in [7, 11) is 2.19. The van der Waals surface area contributed by atoms with E-state index in [0.29, 0.717) is 0 Å². The van der Waals surface area contributed by atoms with Gasteiger partial charge < -0.3 is 4.57 Å². The highest BCUT2D eigenvalue weighted by atomic mass is 15.0. The van der Waals surface area contributed by atoms with E-state index in [1.807, 2.05) is 0 Å². The molecule has 0 saturated heterocycles. The topological polar surface area (TPSA) is 8.81 Å². The van der Waals surface area contributed by atoms with Crippen molar-refractivity contribution < 1.29 is 4.57 Å². The van der Waals surface area contributed by atoms with Gasteiger partial charge in [-0.15, -0.1) is 0 Å². The van der Waals surface area contributed by atoms with Gasteiger partial charge in [0.05, 0.1) is 22.0 Å². The van der Waals surface area contributed by atoms with Gasteiger partial charge in [0.25, 0.3) is 0 Å². The molecule has 2 heterocycles. The number of aryl methyl sites for hydroxylation is 2. The Kier molecular flexibility index (Phi) is 6.83. The van der Waals surface area contributed by atoms with E-state index >= 15 is 0 Å². The van der Waals surface area contributed by atoms with E-state index in [1.165, 1.54) is 87.8 Å². The molecule has 8 aromatic rings. The van der Waals surface area contributed by atoms with Gasteiger partial charge in [-0.25, -0.2) is 4.57 Å². The summed E-state index contributed by atoms with van der Waals surface area (Å²) in [6.45, 7) is 16.3. The van der Waals surface area contributed by atoms with Crippen molar-refractivity contribution in [1.82, 2.24) is 4.57 Å². The molecule has 48 heavy (non-hydrogen) atoms. The standard InChI is InChI=1S/C46H45N2/c1-29-33-15-9-10-16-36(33)41(46(5,6)7)27-40(29)44-39-22-20-30-26-32(21-23-34(30)35(39)24-25-47(44)8)48-42-19-12-11-17-37(42)38-18-13-14-31(43(38)48)28-45(2,3)4/h9-27H,28H2,1-8H3/q+1. The molecular weight excluding hydrogens is 581 g/mol. The minimum absolute atomic E-state index is 0.0217. The molecule has 2 heteroatoms. The van der Waals surface area contributed by atoms with Crippen LogP contribution in [0.4, 0.5) is 0 Å². The summed E-state index contributed by atoms with van der Waals surface area (Å²) in [4.78, 5) is 0. The molecule has 6 aromatic carbocycles. The fourth-order valence-corrected chi connectivity index (χ4v) is 8.11. The summed E-state index contributed by atoms with van der Waals surface area (Å²) in [5.41, 5.74) is 10.7. The normalized spacial score (nSPS) is 12.7. The Hall–Kier alpha value is -4.95. The lowest BCUT2D eigenvalue weighted by atomic mass is 9.80. The van der Waals surface area contributed by atoms with Crippen LogP contribution in [0.3, 0.4) is 0 Å². The molecule has 0 aliphatic carbocycles. The quantitative estimate of drug-likeness (QED) is 0.136. The lowest BCUT2D eigenvalue weighted by molar-refractivity contribution is -0.659. The highest BCUT2D eigenvalue weighted by Gasteiger charge is 2.25. The number of nitrogens with zero attached hydrogens (tertiary/aromatic N) is 2. The molecule has 0 saturated carbocycles. The first-order valence-electron chi connectivity index (χ1n) is 17.3. The maximum Gasteiger partial charge on any atom is 0.220 e. The van der Waals surface area contributed by atoms with Crippen molar-refractivity contribution in [1.29, 1.82) is 0 Å². The predicted octanol–water partition coefficient (Wildman–Crippen LogP) is 11.9. The predicted molar refractivity (Wildman–Crippen MR) is 207 cm³/mol. The fraction of sp³-hybridized carbons (Fsp3) is 0.239. The monoisotopic (exact) mass is 625 g/mol. The van der Waals surface area contributed by atoms with Crippen LogP contribution in [-0.2, 0) is 18.9 Å². The van der Waals surface area contributed by atoms with Crippen molar-refractivity contribution in [2.45, 2.75) is 60.3 Å². The molecule has 0 aliphatic rings. The molecule has 0 amide bonds. The highest BCUT2D eigenvalue weighted by molar-refractivity contribution is 6.13. The Morgan fingerprint density at radius 1 is 0.604 bits per heavy atom. The van der Waals surface area contributed by atoms with E-state index in [9.17, 15) is 0 Å². The van der Waals surface area contributed by atoms with Crippen molar-refractivity contribution in [3.8, 4) is 16.9 Å². The molecule has 0 radical (unpaired) electrons. The Bertz CT molecular complexity index is 2570. The molecule has 8 rings (SSSR count). The molecule has 0 N–H and O–H groups in total. The Morgan fingerprint density at radius 3 is 2.04 bits per heavy atom. The third-order valence-electron chi connectivity index (χ3n) is 10.3. The van der Waals surface area contributed by atoms with E-state index in [4.69, 9.17) is 0 Å². The maximum atomic E-state index is 2.50. The second kappa shape index (κ2) is 10.8. The van der Waals surface area contributed by atoms with Gasteiger partial charge in [-0.3, -0.25) is 0 Å². The Balaban J connectivity index is 1.37. The summed E-state index contributed by atoms with van der Waals surface area (Å²) in [6.07, 6.45) is 3.26. The fourth-order valence-electron chi connectivity index (χ4n) is 8.11. The molecule has 0 spiro atoms. The number of para-hydroxylation sites is 2. The highest BCUT2D eigenvalue weighted by Crippen LogP contribution is 2.41. The van der Waals surface area contributed by atoms with Crippen LogP contribution in [0.15, 0.2) is 115 Å². The van der Waals surface area contributed by atoms with E-state index in [0.717, 1.165) is 6.42 Å². The van der Waals surface area contributed by atoms with Gasteiger partial charge in [-0.1, -0.05) is 114 Å². The Morgan fingerprint density at radius 2 is 1.29 bits per heavy atom. The number of fused-ring (bicyclic) bond motifs is 7. The molecule has 238 valence electrons. The minimum atomic E-state index is 0.0217. The van der Waals surface area contributed by atoms with Gasteiger partial charge >= 0.3 is 0 Å². The van der Waals surface area contributed by atoms with E-state index in [-0.39, 0.29) is 10.8 Å². The molecular formula is C46H45N2+. The smallest absolute Gasteiger partial charge is 0.220 e. The Labute approximate surface area is 284 Å². The van der Waals surface area contributed by atoms with Crippen LogP contribution in [0.5, 0.6) is 0 Å². The van der Waals surface area contributed by atoms with Gasteiger partial charge in [0.2, 0.25) is 5.69 Å². The van der Waals surface area contributed by atoms with Crippen molar-refractivity contribution in [2.24, 2.45) is 12.5 Å². The van der Waals surface area contributed by atoms with E-state index in [2.05, 4.69) is 180 Å². The number of benzene rings is 6. The third kappa shape index (κ3) is 4.81. The van der Waals surface area contributed by atoms with Crippen LogP contribution < -0.4 is 4.57 Å². The summed E-state index contributed by atoms with van der Waals surface area (Å²) in [6, 6.07) is 41.1. The summed E-state index contributed by atoms with van der Waals surface area (Å²) < 4.78 is 4.80. The van der Waals surface area contributed by atoms with Crippen LogP contribution in [0.2, 0.25) is 0 Å². The average Bonchev–Trinajstić information content (AvgIpc) is 3.39. The van der Waals surface area contributed by atoms with Crippen molar-refractivity contribution in [3.63, 3.8) is 0 Å². The van der Waals surface area contributed by atoms with Crippen LogP contribution in [0, 0.1) is 12.3 Å². The summed E-state index contributed by atoms with van der Waals surface area (Å²) in [5, 5.41) is 10.4. The van der Waals surface area contributed by atoms with Gasteiger partial charge in [0.15, 0.2) is 6.20 Å². The molecule has 0 aliphatic heterocycles. The zero-order valence-corrected chi connectivity index (χ0v) is 29.6. The van der Waals surface area contributed by atoms with Gasteiger partial charge in [0.1, 0.15) is 7.05 Å². The first-order chi connectivity index (χ1) is 22.9. The molecule has 0 atom stereocenters. The van der Waals surface area contributed by atoms with Crippen LogP contribution in [0.1, 0.15) is 58.2 Å². The lowest BCUT2D eigenvalue weighted by Crippen LogP contribution is -2.31. The number of hydrogen-bond donors (Lipinski definition) is 0. The second-order valence-corrected chi connectivity index (χ2v) is 16.0. The van der Waals surface area contributed by atoms with Crippen molar-refractivity contribution in [3.05, 3.63) is 132 Å². The summed E-state index contributed by atoms with van der Waals surface area (Å²) in [5.74, 6) is 0. The van der Waals surface area contributed by atoms with Crippen LogP contribution in [0.25, 0.3) is 71.1 Å². The molecule has 0 bridgehead atoms. The second-order valence-electron chi connectivity index (χ2n) is 16.0. The first-order valence-corrected chi connectivity index (χ1v) is 17.3. The SMILES string of the molecule is Cc1c(-c2c3ccc4cc(-n5c6ccccc6c6cccc(CC(C)(C)C)c65)ccc4c3cc[n+]2C)cc(C(C)(C)C)c2ccccc12. The number of aromatic nitrogens is 2. The van der Waals surface area contributed by atoms with Crippen LogP contribution in [-0.4, -0.2) is 4.57 Å². The molecule has 0 unspecified atom stereocenters. The first kappa shape index (κ1) is 30.4. The van der Waals surface area contributed by atoms with Gasteiger partial charge in [-0.05, 0) is 92.7 Å². The van der Waals surface area contributed by atoms with Gasteiger partial charge in [-0.2, -0.15) is 0 Å².